The molecule has 0 bridgehead atoms. The molecule has 1 aliphatic heterocycles. The van der Waals surface area contributed by atoms with Gasteiger partial charge >= 0.3 is 6.09 Å². The van der Waals surface area contributed by atoms with Gasteiger partial charge in [-0.05, 0) is 37.0 Å². The number of amides is 1. The minimum absolute atomic E-state index is 0.00109. The van der Waals surface area contributed by atoms with E-state index >= 15 is 0 Å². The van der Waals surface area contributed by atoms with E-state index in [1.165, 1.54) is 4.90 Å². The van der Waals surface area contributed by atoms with E-state index in [1.54, 1.807) is 19.1 Å². The predicted molar refractivity (Wildman–Crippen MR) is 81.9 cm³/mol. The number of Topliss-reactive ketones (excluding diaryl/α,β-unsaturated/α-hetero) is 1. The first-order chi connectivity index (χ1) is 10.5. The average Bonchev–Trinajstić information content (AvgIpc) is 2.50. The SMILES string of the molecule is CC#CC(=O)[C@H]1CN(C(=O)O)[C@@H](Cc2ccc(Cl)cc2)CO1. The summed E-state index contributed by atoms with van der Waals surface area (Å²) in [4.78, 5) is 24.4. The van der Waals surface area contributed by atoms with E-state index in [-0.39, 0.29) is 19.2 Å². The van der Waals surface area contributed by atoms with Gasteiger partial charge in [-0.15, -0.1) is 0 Å². The summed E-state index contributed by atoms with van der Waals surface area (Å²) in [5.41, 5.74) is 0.961. The Kier molecular flexibility index (Phi) is 5.42. The van der Waals surface area contributed by atoms with E-state index in [0.29, 0.717) is 11.4 Å². The van der Waals surface area contributed by atoms with E-state index in [0.717, 1.165) is 5.56 Å². The molecule has 116 valence electrons. The van der Waals surface area contributed by atoms with Crippen LogP contribution in [0.5, 0.6) is 0 Å². The van der Waals surface area contributed by atoms with Gasteiger partial charge in [0.05, 0.1) is 19.2 Å². The second-order valence-electron chi connectivity index (χ2n) is 4.98. The van der Waals surface area contributed by atoms with Gasteiger partial charge < -0.3 is 9.84 Å². The van der Waals surface area contributed by atoms with Crippen molar-refractivity contribution < 1.29 is 19.4 Å². The van der Waals surface area contributed by atoms with Crippen molar-refractivity contribution in [1.82, 2.24) is 4.90 Å². The molecule has 1 aromatic carbocycles. The van der Waals surface area contributed by atoms with Crippen LogP contribution in [0.4, 0.5) is 4.79 Å². The lowest BCUT2D eigenvalue weighted by Gasteiger charge is -2.36. The predicted octanol–water partition coefficient (Wildman–Crippen LogP) is 2.22. The zero-order valence-electron chi connectivity index (χ0n) is 12.1. The molecule has 22 heavy (non-hydrogen) atoms. The smallest absolute Gasteiger partial charge is 0.407 e. The van der Waals surface area contributed by atoms with E-state index in [4.69, 9.17) is 16.3 Å². The molecule has 5 nitrogen and oxygen atoms in total. The lowest BCUT2D eigenvalue weighted by Crippen LogP contribution is -2.54. The highest BCUT2D eigenvalue weighted by atomic mass is 35.5. The molecule has 1 fully saturated rings. The highest BCUT2D eigenvalue weighted by molar-refractivity contribution is 6.30. The van der Waals surface area contributed by atoms with E-state index in [1.807, 2.05) is 12.1 Å². The largest absolute Gasteiger partial charge is 0.465 e. The first-order valence-electron chi connectivity index (χ1n) is 6.83. The van der Waals surface area contributed by atoms with Gasteiger partial charge in [0, 0.05) is 5.02 Å². The molecule has 1 saturated heterocycles. The van der Waals surface area contributed by atoms with Crippen molar-refractivity contribution in [1.29, 1.82) is 0 Å². The van der Waals surface area contributed by atoms with Gasteiger partial charge in [0.1, 0.15) is 6.10 Å². The van der Waals surface area contributed by atoms with E-state index < -0.39 is 18.0 Å². The topological polar surface area (TPSA) is 66.8 Å². The van der Waals surface area contributed by atoms with Crippen LogP contribution in [0.3, 0.4) is 0 Å². The number of hydrogen-bond acceptors (Lipinski definition) is 3. The van der Waals surface area contributed by atoms with Crippen molar-refractivity contribution in [3.63, 3.8) is 0 Å². The van der Waals surface area contributed by atoms with Crippen LogP contribution >= 0.6 is 11.6 Å². The van der Waals surface area contributed by atoms with Crippen LogP contribution in [-0.4, -0.2) is 47.2 Å². The monoisotopic (exact) mass is 321 g/mol. The van der Waals surface area contributed by atoms with Gasteiger partial charge in [-0.25, -0.2) is 4.79 Å². The highest BCUT2D eigenvalue weighted by Gasteiger charge is 2.35. The van der Waals surface area contributed by atoms with Crippen molar-refractivity contribution in [3.05, 3.63) is 34.9 Å². The summed E-state index contributed by atoms with van der Waals surface area (Å²) >= 11 is 5.84. The molecule has 0 saturated carbocycles. The van der Waals surface area contributed by atoms with Gasteiger partial charge in [0.15, 0.2) is 0 Å². The maximum Gasteiger partial charge on any atom is 0.407 e. The third-order valence-corrected chi connectivity index (χ3v) is 3.72. The molecule has 6 heteroatoms. The summed E-state index contributed by atoms with van der Waals surface area (Å²) in [5, 5.41) is 9.99. The maximum atomic E-state index is 11.7. The molecule has 1 aliphatic rings. The Morgan fingerprint density at radius 1 is 1.41 bits per heavy atom. The second-order valence-corrected chi connectivity index (χ2v) is 5.42. The molecule has 0 aromatic heterocycles. The number of hydrogen-bond donors (Lipinski definition) is 1. The first kappa shape index (κ1) is 16.3. The van der Waals surface area contributed by atoms with Gasteiger partial charge in [-0.1, -0.05) is 29.7 Å². The number of carboxylic acid groups (broad SMARTS) is 1. The molecular weight excluding hydrogens is 306 g/mol. The van der Waals surface area contributed by atoms with Gasteiger partial charge in [-0.2, -0.15) is 0 Å². The van der Waals surface area contributed by atoms with Gasteiger partial charge in [0.2, 0.25) is 5.78 Å². The standard InChI is InChI=1S/C16H16ClNO4/c1-2-3-14(19)15-9-18(16(20)21)13(10-22-15)8-11-4-6-12(17)7-5-11/h4-7,13,15H,8-10H2,1H3,(H,20,21)/t13-,15+/m0/s1. The fraction of sp³-hybridized carbons (Fsp3) is 0.375. The normalized spacial score (nSPS) is 20.9. The Bertz CT molecular complexity index is 617. The molecule has 1 amide bonds. The van der Waals surface area contributed by atoms with Crippen LogP contribution in [0, 0.1) is 11.8 Å². The molecule has 2 rings (SSSR count). The molecule has 1 aromatic rings. The lowest BCUT2D eigenvalue weighted by molar-refractivity contribution is -0.132. The molecule has 0 aliphatic carbocycles. The summed E-state index contributed by atoms with van der Waals surface area (Å²) in [6.45, 7) is 1.72. The summed E-state index contributed by atoms with van der Waals surface area (Å²) < 4.78 is 5.50. The lowest BCUT2D eigenvalue weighted by atomic mass is 10.0. The number of rotatable bonds is 3. The number of morpholine rings is 1. The molecule has 2 atom stereocenters. The zero-order valence-corrected chi connectivity index (χ0v) is 12.8. The third-order valence-electron chi connectivity index (χ3n) is 3.46. The van der Waals surface area contributed by atoms with Crippen LogP contribution in [0.2, 0.25) is 5.02 Å². The Morgan fingerprint density at radius 3 is 2.68 bits per heavy atom. The number of ketones is 1. The van der Waals surface area contributed by atoms with Crippen LogP contribution < -0.4 is 0 Å². The quantitative estimate of drug-likeness (QED) is 0.685. The fourth-order valence-electron chi connectivity index (χ4n) is 2.36. The Hall–Kier alpha value is -2.03. The van der Waals surface area contributed by atoms with Crippen LogP contribution in [0.15, 0.2) is 24.3 Å². The minimum atomic E-state index is -1.07. The highest BCUT2D eigenvalue weighted by Crippen LogP contribution is 2.18. The molecule has 0 radical (unpaired) electrons. The van der Waals surface area contributed by atoms with Crippen molar-refractivity contribution in [2.24, 2.45) is 0 Å². The van der Waals surface area contributed by atoms with Crippen molar-refractivity contribution in [3.8, 4) is 11.8 Å². The molecular formula is C16H16ClNO4. The molecule has 1 heterocycles. The summed E-state index contributed by atoms with van der Waals surface area (Å²) in [6.07, 6.45) is -1.38. The Balaban J connectivity index is 2.08. The maximum absolute atomic E-state index is 11.7. The number of carbonyl (C=O) groups excluding carboxylic acids is 1. The third kappa shape index (κ3) is 4.00. The van der Waals surface area contributed by atoms with Crippen molar-refractivity contribution in [2.45, 2.75) is 25.5 Å². The number of carbonyl (C=O) groups is 2. The molecule has 0 unspecified atom stereocenters. The fourth-order valence-corrected chi connectivity index (χ4v) is 2.48. The summed E-state index contributed by atoms with van der Waals surface area (Å²) in [5.74, 6) is 4.51. The number of halogens is 1. The number of benzene rings is 1. The van der Waals surface area contributed by atoms with Crippen LogP contribution in [0.25, 0.3) is 0 Å². The zero-order chi connectivity index (χ0) is 16.1. The first-order valence-corrected chi connectivity index (χ1v) is 7.21. The van der Waals surface area contributed by atoms with Crippen LogP contribution in [0.1, 0.15) is 12.5 Å². The van der Waals surface area contributed by atoms with E-state index in [2.05, 4.69) is 11.8 Å². The number of ether oxygens (including phenoxy) is 1. The number of nitrogens with zero attached hydrogens (tertiary/aromatic N) is 1. The Labute approximate surface area is 133 Å². The summed E-state index contributed by atoms with van der Waals surface area (Å²) in [6, 6.07) is 6.88. The molecule has 1 N–H and O–H groups in total. The van der Waals surface area contributed by atoms with Gasteiger partial charge in [-0.3, -0.25) is 9.69 Å². The Morgan fingerprint density at radius 2 is 2.09 bits per heavy atom. The van der Waals surface area contributed by atoms with Crippen molar-refractivity contribution in [2.75, 3.05) is 13.2 Å². The summed E-state index contributed by atoms with van der Waals surface area (Å²) in [7, 11) is 0. The second kappa shape index (κ2) is 7.30. The average molecular weight is 322 g/mol. The van der Waals surface area contributed by atoms with Crippen molar-refractivity contribution >= 4 is 23.5 Å². The minimum Gasteiger partial charge on any atom is -0.465 e. The van der Waals surface area contributed by atoms with Gasteiger partial charge in [0.25, 0.3) is 0 Å². The van der Waals surface area contributed by atoms with Crippen LogP contribution in [-0.2, 0) is 16.0 Å². The van der Waals surface area contributed by atoms with E-state index in [9.17, 15) is 14.7 Å². The molecule has 0 spiro atoms.